The van der Waals surface area contributed by atoms with E-state index in [4.69, 9.17) is 0 Å². The molecule has 35 heavy (non-hydrogen) atoms. The Morgan fingerprint density at radius 1 is 0.829 bits per heavy atom. The van der Waals surface area contributed by atoms with E-state index in [-0.39, 0.29) is 51.9 Å². The number of benzene rings is 1. The van der Waals surface area contributed by atoms with Crippen LogP contribution in [0.15, 0.2) is 50.7 Å². The number of fused-ring (bicyclic) bond motifs is 1. The van der Waals surface area contributed by atoms with Gasteiger partial charge in [0.05, 0.1) is 0 Å². The molecule has 0 fully saturated rings. The average Bonchev–Trinajstić information content (AvgIpc) is 3.37. The Balaban J connectivity index is 0.00000306. The Labute approximate surface area is 239 Å². The summed E-state index contributed by atoms with van der Waals surface area (Å²) in [6, 6.07) is 9.42. The summed E-state index contributed by atoms with van der Waals surface area (Å²) in [6.45, 7) is 9.39. The van der Waals surface area contributed by atoms with Gasteiger partial charge in [-0.25, -0.2) is 0 Å². The van der Waals surface area contributed by atoms with Gasteiger partial charge in [-0.15, -0.1) is 0 Å². The molecule has 1 unspecified atom stereocenters. The van der Waals surface area contributed by atoms with E-state index < -0.39 is 0 Å². The van der Waals surface area contributed by atoms with Crippen LogP contribution in [0.4, 0.5) is 0 Å². The first-order chi connectivity index (χ1) is 16.2. The molecule has 1 aromatic carbocycles. The first-order valence-corrected chi connectivity index (χ1v) is 17.3. The van der Waals surface area contributed by atoms with E-state index in [0.717, 1.165) is 4.22 Å². The molecule has 0 saturated heterocycles. The number of allylic oxidation sites excluding steroid dienone is 5. The fraction of sp³-hybridized carbons (Fsp3) is 0.613. The van der Waals surface area contributed by atoms with Crippen LogP contribution in [0.1, 0.15) is 120 Å². The van der Waals surface area contributed by atoms with Gasteiger partial charge < -0.3 is 24.8 Å². The molecule has 0 aromatic heterocycles. The SMILES string of the molecule is CCCCCCP(CCCCCC)C1=Cc2ccccc2[CH]1[Ti+2][C]1=C(CCCC)C(C)=CC1.[Cl-].[Cl-]. The zero-order valence-corrected chi connectivity index (χ0v) is 26.6. The molecule has 0 spiro atoms. The number of unbranched alkanes of at least 4 members (excludes halogenated alkanes) is 7. The molecule has 4 heteroatoms. The average molecular weight is 569 g/mol. The van der Waals surface area contributed by atoms with Gasteiger partial charge in [-0.1, -0.05) is 0 Å². The predicted molar refractivity (Wildman–Crippen MR) is 147 cm³/mol. The molecule has 0 saturated carbocycles. The molecule has 0 aliphatic heterocycles. The second-order valence-corrected chi connectivity index (χ2v) is 14.8. The molecular formula is C31H47Cl2PTi. The van der Waals surface area contributed by atoms with Crippen molar-refractivity contribution in [2.24, 2.45) is 0 Å². The smallest absolute Gasteiger partial charge is 1.00 e. The Kier molecular flexibility index (Phi) is 17.5. The van der Waals surface area contributed by atoms with Gasteiger partial charge in [0.1, 0.15) is 0 Å². The van der Waals surface area contributed by atoms with Crippen molar-refractivity contribution in [1.82, 2.24) is 0 Å². The van der Waals surface area contributed by atoms with E-state index in [1.807, 2.05) is 9.19 Å². The molecule has 3 rings (SSSR count). The molecule has 0 amide bonds. The van der Waals surface area contributed by atoms with Crippen LogP contribution >= 0.6 is 7.92 Å². The van der Waals surface area contributed by atoms with Crippen LogP contribution in [-0.4, -0.2) is 12.3 Å². The van der Waals surface area contributed by atoms with Crippen molar-refractivity contribution in [2.75, 3.05) is 12.3 Å². The van der Waals surface area contributed by atoms with Crippen LogP contribution in [0.25, 0.3) is 6.08 Å². The van der Waals surface area contributed by atoms with Crippen molar-refractivity contribution in [1.29, 1.82) is 0 Å². The third kappa shape index (κ3) is 9.76. The standard InChI is InChI=1S/C21H32P.C10H15.2ClH.Ti/c1-3-5-7-11-15-22(16-12-8-6-4-2)21-17-19-13-9-10-14-20(19)18-21;1-3-4-7-10-8-5-6-9(10)2;;;/h9-10,13-14,17-18H,3-8,11-12,15-16H2,1-2H3;6H,3-5,7H2,1-2H3;2*1H;/q;;;;+2/p-2. The Hall–Kier alpha value is 0.164. The van der Waals surface area contributed by atoms with Gasteiger partial charge in [-0.05, 0) is 0 Å². The Bertz CT molecular complexity index is 830. The summed E-state index contributed by atoms with van der Waals surface area (Å²) < 4.78 is 2.64. The van der Waals surface area contributed by atoms with E-state index in [1.54, 1.807) is 22.3 Å². The topological polar surface area (TPSA) is 0 Å². The van der Waals surface area contributed by atoms with Gasteiger partial charge >= 0.3 is 216 Å². The minimum atomic E-state index is -0.173. The number of rotatable bonds is 16. The fourth-order valence-corrected chi connectivity index (χ4v) is 11.9. The first-order valence-electron chi connectivity index (χ1n) is 13.9. The molecule has 2 aliphatic carbocycles. The quantitative estimate of drug-likeness (QED) is 0.155. The van der Waals surface area contributed by atoms with E-state index >= 15 is 0 Å². The van der Waals surface area contributed by atoms with Crippen LogP contribution in [0.5, 0.6) is 0 Å². The third-order valence-corrected chi connectivity index (χ3v) is 13.4. The molecule has 0 heterocycles. The van der Waals surface area contributed by atoms with Gasteiger partial charge in [0, 0.05) is 0 Å². The number of halogens is 2. The van der Waals surface area contributed by atoms with Crippen LogP contribution in [0.2, 0.25) is 0 Å². The van der Waals surface area contributed by atoms with Gasteiger partial charge in [-0.2, -0.15) is 0 Å². The largest absolute Gasteiger partial charge is 1.00 e. The van der Waals surface area contributed by atoms with E-state index in [0.29, 0.717) is 0 Å². The molecule has 194 valence electrons. The molecule has 0 bridgehead atoms. The van der Waals surface area contributed by atoms with Gasteiger partial charge in [0.25, 0.3) is 0 Å². The van der Waals surface area contributed by atoms with Gasteiger partial charge in [-0.3, -0.25) is 0 Å². The summed E-state index contributed by atoms with van der Waals surface area (Å²) in [5, 5.41) is 1.89. The van der Waals surface area contributed by atoms with Crippen LogP contribution < -0.4 is 24.8 Å². The van der Waals surface area contributed by atoms with Crippen molar-refractivity contribution in [3.05, 3.63) is 61.8 Å². The second kappa shape index (κ2) is 18.4. The molecule has 0 N–H and O–H groups in total. The van der Waals surface area contributed by atoms with Crippen molar-refractivity contribution in [3.63, 3.8) is 0 Å². The first kappa shape index (κ1) is 33.2. The minimum Gasteiger partial charge on any atom is -1.00 e. The van der Waals surface area contributed by atoms with Crippen LogP contribution in [0, 0.1) is 0 Å². The monoisotopic (exact) mass is 568 g/mol. The zero-order valence-electron chi connectivity index (χ0n) is 22.6. The maximum atomic E-state index is 2.68. The normalized spacial score (nSPS) is 16.4. The number of hydrogen-bond acceptors (Lipinski definition) is 0. The molecule has 1 aromatic rings. The van der Waals surface area contributed by atoms with Gasteiger partial charge in [0.15, 0.2) is 0 Å². The summed E-state index contributed by atoms with van der Waals surface area (Å²) >= 11 is -0.173. The van der Waals surface area contributed by atoms with E-state index in [1.165, 1.54) is 89.4 Å². The maximum Gasteiger partial charge on any atom is -1.00 e. The molecule has 0 radical (unpaired) electrons. The summed E-state index contributed by atoms with van der Waals surface area (Å²) in [5.74, 6) is 0. The molecule has 1 atom stereocenters. The van der Waals surface area contributed by atoms with E-state index in [2.05, 4.69) is 64.1 Å². The summed E-state index contributed by atoms with van der Waals surface area (Å²) in [7, 11) is 0.0156. The molecule has 0 nitrogen and oxygen atoms in total. The number of hydrogen-bond donors (Lipinski definition) is 0. The predicted octanol–water partition coefficient (Wildman–Crippen LogP) is 4.61. The summed E-state index contributed by atoms with van der Waals surface area (Å²) in [5.41, 5.74) is 6.58. The summed E-state index contributed by atoms with van der Waals surface area (Å²) in [4.78, 5) is 0. The van der Waals surface area contributed by atoms with Crippen molar-refractivity contribution in [2.45, 2.75) is 109 Å². The molecule has 2 aliphatic rings. The molecular weight excluding hydrogens is 522 g/mol. The van der Waals surface area contributed by atoms with E-state index in [9.17, 15) is 0 Å². The maximum absolute atomic E-state index is 2.68. The van der Waals surface area contributed by atoms with Crippen LogP contribution in [-0.2, 0) is 19.2 Å². The van der Waals surface area contributed by atoms with Crippen LogP contribution in [0.3, 0.4) is 0 Å². The van der Waals surface area contributed by atoms with Crippen molar-refractivity contribution in [3.8, 4) is 0 Å². The fourth-order valence-electron chi connectivity index (χ4n) is 5.32. The Morgan fingerprint density at radius 2 is 1.46 bits per heavy atom. The Morgan fingerprint density at radius 3 is 2.09 bits per heavy atom. The second-order valence-electron chi connectivity index (χ2n) is 10.0. The van der Waals surface area contributed by atoms with Crippen molar-refractivity contribution >= 4 is 14.0 Å². The third-order valence-electron chi connectivity index (χ3n) is 7.39. The minimum absolute atomic E-state index is 0. The zero-order chi connectivity index (χ0) is 23.5. The summed E-state index contributed by atoms with van der Waals surface area (Å²) in [6.07, 6.45) is 24.6. The van der Waals surface area contributed by atoms with Gasteiger partial charge in [0.2, 0.25) is 0 Å². The van der Waals surface area contributed by atoms with Crippen molar-refractivity contribution < 1.29 is 44.0 Å².